The lowest BCUT2D eigenvalue weighted by Crippen LogP contribution is -2.32. The number of rotatable bonds is 14. The molecule has 242 valence electrons. The van der Waals surface area contributed by atoms with E-state index >= 15 is 0 Å². The number of nitrogens with one attached hydrogen (secondary N) is 3. The number of aromatic nitrogens is 4. The molecule has 2 heterocycles. The van der Waals surface area contributed by atoms with Crippen LogP contribution in [0, 0.1) is 0 Å². The summed E-state index contributed by atoms with van der Waals surface area (Å²) in [7, 11) is 1.49. The van der Waals surface area contributed by atoms with Crippen LogP contribution in [-0.2, 0) is 44.9 Å². The summed E-state index contributed by atoms with van der Waals surface area (Å²) in [5.74, 6) is -0.156. The van der Waals surface area contributed by atoms with E-state index in [-0.39, 0.29) is 18.2 Å². The SMILES string of the molecule is COC(C(=O)Nc1ccc(CCCCc2nnc(NC(=O)Cc3cccc(CNC(=O)OC(C)(C)C)c3)s2)nn1)c1ccccc1. The van der Waals surface area contributed by atoms with Crippen LogP contribution >= 0.6 is 11.3 Å². The molecule has 1 unspecified atom stereocenters. The van der Waals surface area contributed by atoms with Crippen LogP contribution in [0.25, 0.3) is 0 Å². The molecule has 0 aliphatic heterocycles. The van der Waals surface area contributed by atoms with Gasteiger partial charge in [-0.2, -0.15) is 5.10 Å². The molecular formula is C33H39N7O5S. The smallest absolute Gasteiger partial charge is 0.407 e. The van der Waals surface area contributed by atoms with Crippen LogP contribution in [0.1, 0.15) is 67.1 Å². The van der Waals surface area contributed by atoms with Crippen molar-refractivity contribution in [3.63, 3.8) is 0 Å². The van der Waals surface area contributed by atoms with Gasteiger partial charge in [-0.05, 0) is 68.9 Å². The second-order valence-corrected chi connectivity index (χ2v) is 12.6. The van der Waals surface area contributed by atoms with Crippen molar-refractivity contribution in [3.05, 3.63) is 94.1 Å². The summed E-state index contributed by atoms with van der Waals surface area (Å²) in [6, 6.07) is 20.3. The topological polar surface area (TPSA) is 157 Å². The van der Waals surface area contributed by atoms with E-state index in [1.807, 2.05) is 60.7 Å². The van der Waals surface area contributed by atoms with Crippen LogP contribution in [0.4, 0.5) is 15.7 Å². The zero-order valence-electron chi connectivity index (χ0n) is 26.4. The van der Waals surface area contributed by atoms with Gasteiger partial charge >= 0.3 is 6.09 Å². The lowest BCUT2D eigenvalue weighted by Gasteiger charge is -2.19. The number of anilines is 2. The highest BCUT2D eigenvalue weighted by molar-refractivity contribution is 7.15. The highest BCUT2D eigenvalue weighted by Gasteiger charge is 2.20. The molecule has 46 heavy (non-hydrogen) atoms. The predicted octanol–water partition coefficient (Wildman–Crippen LogP) is 5.43. The zero-order valence-corrected chi connectivity index (χ0v) is 27.2. The van der Waals surface area contributed by atoms with Crippen molar-refractivity contribution < 1.29 is 23.9 Å². The summed E-state index contributed by atoms with van der Waals surface area (Å²) < 4.78 is 10.6. The largest absolute Gasteiger partial charge is 0.444 e. The normalized spacial score (nSPS) is 11.8. The number of benzene rings is 2. The average molecular weight is 646 g/mol. The summed E-state index contributed by atoms with van der Waals surface area (Å²) in [4.78, 5) is 37.2. The molecule has 0 fully saturated rings. The molecule has 4 aromatic rings. The maximum absolute atomic E-state index is 12.7. The van der Waals surface area contributed by atoms with Gasteiger partial charge in [-0.1, -0.05) is 65.9 Å². The van der Waals surface area contributed by atoms with E-state index < -0.39 is 17.8 Å². The van der Waals surface area contributed by atoms with E-state index in [1.54, 1.807) is 26.8 Å². The lowest BCUT2D eigenvalue weighted by molar-refractivity contribution is -0.126. The van der Waals surface area contributed by atoms with Gasteiger partial charge in [0.2, 0.25) is 11.0 Å². The molecule has 0 bridgehead atoms. The monoisotopic (exact) mass is 645 g/mol. The molecule has 12 nitrogen and oxygen atoms in total. The third-order valence-corrected chi connectivity index (χ3v) is 7.42. The molecule has 0 aliphatic rings. The Kier molecular flexibility index (Phi) is 12.3. The van der Waals surface area contributed by atoms with Crippen molar-refractivity contribution in [2.24, 2.45) is 0 Å². The third-order valence-electron chi connectivity index (χ3n) is 6.53. The first-order chi connectivity index (χ1) is 22.1. The number of hydrogen-bond donors (Lipinski definition) is 3. The maximum atomic E-state index is 12.7. The molecule has 0 saturated heterocycles. The van der Waals surface area contributed by atoms with Crippen LogP contribution in [0.5, 0.6) is 0 Å². The second kappa shape index (κ2) is 16.5. The number of methoxy groups -OCH3 is 1. The molecule has 4 rings (SSSR count). The van der Waals surface area contributed by atoms with Gasteiger partial charge in [0.05, 0.1) is 12.1 Å². The summed E-state index contributed by atoms with van der Waals surface area (Å²) >= 11 is 1.35. The Labute approximate surface area is 272 Å². The van der Waals surface area contributed by atoms with Crippen molar-refractivity contribution >= 4 is 40.2 Å². The average Bonchev–Trinajstić information content (AvgIpc) is 3.46. The van der Waals surface area contributed by atoms with Crippen LogP contribution in [0.2, 0.25) is 0 Å². The van der Waals surface area contributed by atoms with Gasteiger partial charge in [0.15, 0.2) is 11.9 Å². The van der Waals surface area contributed by atoms with Crippen molar-refractivity contribution in [1.29, 1.82) is 0 Å². The summed E-state index contributed by atoms with van der Waals surface area (Å²) in [5, 5.41) is 26.3. The second-order valence-electron chi connectivity index (χ2n) is 11.5. The first-order valence-corrected chi connectivity index (χ1v) is 15.8. The van der Waals surface area contributed by atoms with Gasteiger partial charge in [-0.25, -0.2) is 4.79 Å². The van der Waals surface area contributed by atoms with Crippen molar-refractivity contribution in [3.8, 4) is 0 Å². The number of amides is 3. The number of aryl methyl sites for hydroxylation is 2. The molecule has 2 aromatic heterocycles. The summed E-state index contributed by atoms with van der Waals surface area (Å²) in [6.45, 7) is 5.71. The fourth-order valence-electron chi connectivity index (χ4n) is 4.45. The van der Waals surface area contributed by atoms with Gasteiger partial charge in [0.1, 0.15) is 10.6 Å². The zero-order chi connectivity index (χ0) is 32.9. The van der Waals surface area contributed by atoms with Gasteiger partial charge in [0, 0.05) is 20.1 Å². The Morgan fingerprint density at radius 1 is 0.848 bits per heavy atom. The molecule has 13 heteroatoms. The first-order valence-electron chi connectivity index (χ1n) is 15.0. The highest BCUT2D eigenvalue weighted by Crippen LogP contribution is 2.20. The first kappa shape index (κ1) is 34.1. The van der Waals surface area contributed by atoms with Gasteiger partial charge < -0.3 is 25.4 Å². The van der Waals surface area contributed by atoms with Crippen LogP contribution < -0.4 is 16.0 Å². The Morgan fingerprint density at radius 2 is 1.61 bits per heavy atom. The maximum Gasteiger partial charge on any atom is 0.407 e. The lowest BCUT2D eigenvalue weighted by atomic mass is 10.1. The number of alkyl carbamates (subject to hydrolysis) is 1. The molecule has 3 amide bonds. The molecule has 0 saturated carbocycles. The van der Waals surface area contributed by atoms with Crippen LogP contribution in [0.15, 0.2) is 66.7 Å². The Balaban J connectivity index is 1.16. The Bertz CT molecular complexity index is 1590. The molecule has 0 radical (unpaired) electrons. The van der Waals surface area contributed by atoms with Gasteiger partial charge in [-0.15, -0.1) is 15.3 Å². The minimum absolute atomic E-state index is 0.165. The molecule has 0 aliphatic carbocycles. The van der Waals surface area contributed by atoms with Gasteiger partial charge in [-0.3, -0.25) is 9.59 Å². The molecular weight excluding hydrogens is 606 g/mol. The van der Waals surface area contributed by atoms with Crippen molar-refractivity contribution in [2.45, 2.75) is 71.1 Å². The summed E-state index contributed by atoms with van der Waals surface area (Å²) in [6.07, 6.45) is 2.10. The fourth-order valence-corrected chi connectivity index (χ4v) is 5.25. The molecule has 1 atom stereocenters. The summed E-state index contributed by atoms with van der Waals surface area (Å²) in [5.41, 5.74) is 2.68. The van der Waals surface area contributed by atoms with E-state index in [2.05, 4.69) is 36.3 Å². The molecule has 2 aromatic carbocycles. The number of unbranched alkanes of at least 4 members (excludes halogenated alkanes) is 1. The quantitative estimate of drug-likeness (QED) is 0.152. The van der Waals surface area contributed by atoms with Crippen LogP contribution in [0.3, 0.4) is 0 Å². The fraction of sp³-hybridized carbons (Fsp3) is 0.364. The highest BCUT2D eigenvalue weighted by atomic mass is 32.1. The van der Waals surface area contributed by atoms with Gasteiger partial charge in [0.25, 0.3) is 5.91 Å². The van der Waals surface area contributed by atoms with E-state index in [0.29, 0.717) is 17.5 Å². The van der Waals surface area contributed by atoms with Crippen LogP contribution in [-0.4, -0.2) is 51.0 Å². The minimum atomic E-state index is -0.741. The number of ether oxygens (including phenoxy) is 2. The minimum Gasteiger partial charge on any atom is -0.444 e. The Hall–Kier alpha value is -4.75. The standard InChI is InChI=1S/C33H39N7O5S/c1-33(2,3)45-32(43)34-21-23-12-10-11-22(19-23)20-27(41)36-31-40-39-28(46-31)16-9-8-15-25-17-18-26(38-37-25)35-30(42)29(44-4)24-13-6-5-7-14-24/h5-7,10-14,17-19,29H,8-9,15-16,20-21H2,1-4H3,(H,34,43)(H,35,38,42)(H,36,40,41). The molecule has 0 spiro atoms. The third kappa shape index (κ3) is 11.3. The van der Waals surface area contributed by atoms with E-state index in [0.717, 1.165) is 53.1 Å². The number of hydrogen-bond acceptors (Lipinski definition) is 10. The van der Waals surface area contributed by atoms with E-state index in [1.165, 1.54) is 18.4 Å². The number of nitrogens with zero attached hydrogens (tertiary/aromatic N) is 4. The number of carbonyl (C=O) groups excluding carboxylic acids is 3. The Morgan fingerprint density at radius 3 is 2.33 bits per heavy atom. The van der Waals surface area contributed by atoms with E-state index in [9.17, 15) is 14.4 Å². The van der Waals surface area contributed by atoms with E-state index in [4.69, 9.17) is 9.47 Å². The molecule has 3 N–H and O–H groups in total. The van der Waals surface area contributed by atoms with Crippen molar-refractivity contribution in [1.82, 2.24) is 25.7 Å². The number of carbonyl (C=O) groups is 3. The van der Waals surface area contributed by atoms with Crippen molar-refractivity contribution in [2.75, 3.05) is 17.7 Å². The predicted molar refractivity (Wildman–Crippen MR) is 175 cm³/mol.